The number of hydrogen-bond acceptors (Lipinski definition) is 10. The second-order valence-corrected chi connectivity index (χ2v) is 9.67. The molecule has 222 valence electrons. The third-order valence-electron chi connectivity index (χ3n) is 6.10. The summed E-state index contributed by atoms with van der Waals surface area (Å²) in [5.74, 6) is -2.30. The van der Waals surface area contributed by atoms with Gasteiger partial charge in [0, 0.05) is 38.3 Å². The van der Waals surface area contributed by atoms with Gasteiger partial charge >= 0.3 is 23.9 Å². The predicted octanol–water partition coefficient (Wildman–Crippen LogP) is 4.60. The zero-order chi connectivity index (χ0) is 30.3. The summed E-state index contributed by atoms with van der Waals surface area (Å²) in [6, 6.07) is 10.9. The standard InChI is InChI=1S/C29H32ClFO10/c1-6-36-21-10-7-19(8-11-21)25(31)22-13-20(9-12-23(22)30)26-28(39-17(4)34)29(40-18(5)35)27(38-16(3)33)24(41-26)14-37-15(2)32/h7-13,24-29H,6,14H2,1-5H3/t24-,25?,26+,27-,28+,29+/m1/s1. The number of carbonyl (C=O) groups is 4. The van der Waals surface area contributed by atoms with E-state index in [4.69, 9.17) is 40.0 Å². The molecular weight excluding hydrogens is 563 g/mol. The Bertz CT molecular complexity index is 1250. The van der Waals surface area contributed by atoms with E-state index in [0.29, 0.717) is 23.5 Å². The van der Waals surface area contributed by atoms with Crippen LogP contribution in [0.3, 0.4) is 0 Å². The Balaban J connectivity index is 2.08. The van der Waals surface area contributed by atoms with Crippen LogP contribution >= 0.6 is 11.6 Å². The van der Waals surface area contributed by atoms with E-state index in [-0.39, 0.29) is 17.2 Å². The molecule has 6 atom stereocenters. The van der Waals surface area contributed by atoms with E-state index in [9.17, 15) is 19.2 Å². The van der Waals surface area contributed by atoms with Crippen LogP contribution < -0.4 is 4.74 Å². The van der Waals surface area contributed by atoms with Crippen molar-refractivity contribution in [3.8, 4) is 5.75 Å². The highest BCUT2D eigenvalue weighted by Gasteiger charge is 2.52. The zero-order valence-electron chi connectivity index (χ0n) is 23.3. The van der Waals surface area contributed by atoms with Crippen LogP contribution in [-0.4, -0.2) is 61.5 Å². The van der Waals surface area contributed by atoms with Gasteiger partial charge in [-0.25, -0.2) is 4.39 Å². The number of hydrogen-bond donors (Lipinski definition) is 0. The van der Waals surface area contributed by atoms with E-state index < -0.39 is 60.6 Å². The Morgan fingerprint density at radius 1 is 0.854 bits per heavy atom. The molecule has 0 bridgehead atoms. The lowest BCUT2D eigenvalue weighted by Gasteiger charge is -2.44. The number of esters is 4. The molecule has 0 aromatic heterocycles. The molecule has 0 saturated carbocycles. The van der Waals surface area contributed by atoms with Crippen LogP contribution in [0.2, 0.25) is 5.02 Å². The van der Waals surface area contributed by atoms with Crippen molar-refractivity contribution in [2.24, 2.45) is 0 Å². The largest absolute Gasteiger partial charge is 0.494 e. The molecule has 1 unspecified atom stereocenters. The molecule has 1 aliphatic rings. The molecule has 10 nitrogen and oxygen atoms in total. The van der Waals surface area contributed by atoms with Crippen molar-refractivity contribution in [3.05, 3.63) is 64.2 Å². The average Bonchev–Trinajstić information content (AvgIpc) is 2.90. The molecule has 0 spiro atoms. The van der Waals surface area contributed by atoms with Crippen LogP contribution in [-0.2, 0) is 42.9 Å². The first kappa shape index (κ1) is 31.8. The first-order valence-corrected chi connectivity index (χ1v) is 13.3. The van der Waals surface area contributed by atoms with Crippen LogP contribution in [0.5, 0.6) is 5.75 Å². The summed E-state index contributed by atoms with van der Waals surface area (Å²) in [5.41, 5.74) is 0.728. The van der Waals surface area contributed by atoms with Gasteiger partial charge in [0.2, 0.25) is 0 Å². The maximum Gasteiger partial charge on any atom is 0.303 e. The van der Waals surface area contributed by atoms with Crippen molar-refractivity contribution >= 4 is 35.5 Å². The number of halogens is 2. The monoisotopic (exact) mass is 594 g/mol. The van der Waals surface area contributed by atoms with Gasteiger partial charge < -0.3 is 28.4 Å². The summed E-state index contributed by atoms with van der Waals surface area (Å²) >= 11 is 6.40. The smallest absolute Gasteiger partial charge is 0.303 e. The molecule has 41 heavy (non-hydrogen) atoms. The number of alkyl halides is 1. The van der Waals surface area contributed by atoms with Gasteiger partial charge in [-0.2, -0.15) is 0 Å². The quantitative estimate of drug-likeness (QED) is 0.285. The van der Waals surface area contributed by atoms with Crippen LogP contribution in [0.4, 0.5) is 4.39 Å². The Morgan fingerprint density at radius 3 is 2.00 bits per heavy atom. The molecule has 1 fully saturated rings. The van der Waals surface area contributed by atoms with Gasteiger partial charge in [-0.15, -0.1) is 0 Å². The second-order valence-electron chi connectivity index (χ2n) is 9.27. The Hall–Kier alpha value is -3.70. The van der Waals surface area contributed by atoms with E-state index in [2.05, 4.69) is 0 Å². The molecule has 1 aliphatic heterocycles. The lowest BCUT2D eigenvalue weighted by atomic mass is 9.89. The minimum Gasteiger partial charge on any atom is -0.494 e. The van der Waals surface area contributed by atoms with Crippen molar-refractivity contribution in [2.45, 2.75) is 71.3 Å². The van der Waals surface area contributed by atoms with Crippen LogP contribution in [0, 0.1) is 0 Å². The number of ether oxygens (including phenoxy) is 6. The summed E-state index contributed by atoms with van der Waals surface area (Å²) in [5, 5.41) is 0.126. The van der Waals surface area contributed by atoms with Crippen molar-refractivity contribution in [1.82, 2.24) is 0 Å². The lowest BCUT2D eigenvalue weighted by Crippen LogP contribution is -2.59. The minimum atomic E-state index is -1.65. The summed E-state index contributed by atoms with van der Waals surface area (Å²) in [6.07, 6.45) is -7.95. The molecule has 0 N–H and O–H groups in total. The van der Waals surface area contributed by atoms with Gasteiger partial charge in [0.15, 0.2) is 24.5 Å². The van der Waals surface area contributed by atoms with Crippen molar-refractivity contribution in [2.75, 3.05) is 13.2 Å². The average molecular weight is 595 g/mol. The Labute approximate surface area is 241 Å². The van der Waals surface area contributed by atoms with Gasteiger partial charge in [0.1, 0.15) is 24.6 Å². The van der Waals surface area contributed by atoms with Crippen molar-refractivity contribution in [1.29, 1.82) is 0 Å². The minimum absolute atomic E-state index is 0.0983. The van der Waals surface area contributed by atoms with E-state index in [1.54, 1.807) is 24.3 Å². The zero-order valence-corrected chi connectivity index (χ0v) is 24.0. The summed E-state index contributed by atoms with van der Waals surface area (Å²) in [7, 11) is 0. The maximum atomic E-state index is 15.8. The molecule has 2 aromatic carbocycles. The SMILES string of the molecule is CCOc1ccc(C(F)c2cc([C@@H]3O[C@H](COC(C)=O)[C@@H](OC(C)=O)[C@H](OC(C)=O)[C@H]3OC(C)=O)ccc2Cl)cc1. The first-order valence-electron chi connectivity index (χ1n) is 12.9. The van der Waals surface area contributed by atoms with Crippen molar-refractivity contribution in [3.63, 3.8) is 0 Å². The maximum absolute atomic E-state index is 15.8. The molecule has 2 aromatic rings. The molecule has 1 saturated heterocycles. The lowest BCUT2D eigenvalue weighted by molar-refractivity contribution is -0.254. The molecule has 1 heterocycles. The number of carbonyl (C=O) groups excluding carboxylic acids is 4. The molecule has 0 amide bonds. The molecule has 0 radical (unpaired) electrons. The number of rotatable bonds is 10. The Kier molecular flexibility index (Phi) is 11.1. The van der Waals surface area contributed by atoms with Crippen molar-refractivity contribution < 1.29 is 52.0 Å². The fourth-order valence-corrected chi connectivity index (χ4v) is 4.72. The third kappa shape index (κ3) is 8.40. The highest BCUT2D eigenvalue weighted by Crippen LogP contribution is 2.40. The molecule has 0 aliphatic carbocycles. The van der Waals surface area contributed by atoms with Gasteiger partial charge in [0.05, 0.1) is 6.61 Å². The van der Waals surface area contributed by atoms with E-state index in [0.717, 1.165) is 20.8 Å². The second kappa shape index (κ2) is 14.3. The van der Waals surface area contributed by atoms with E-state index >= 15 is 4.39 Å². The highest BCUT2D eigenvalue weighted by molar-refractivity contribution is 6.31. The van der Waals surface area contributed by atoms with Crippen LogP contribution in [0.15, 0.2) is 42.5 Å². The fourth-order valence-electron chi connectivity index (χ4n) is 4.51. The van der Waals surface area contributed by atoms with Crippen LogP contribution in [0.1, 0.15) is 63.6 Å². The summed E-state index contributed by atoms with van der Waals surface area (Å²) in [6.45, 7) is 6.50. The van der Waals surface area contributed by atoms with Gasteiger partial charge in [-0.3, -0.25) is 19.2 Å². The summed E-state index contributed by atoms with van der Waals surface area (Å²) in [4.78, 5) is 47.8. The van der Waals surface area contributed by atoms with Crippen LogP contribution in [0.25, 0.3) is 0 Å². The van der Waals surface area contributed by atoms with E-state index in [1.807, 2.05) is 6.92 Å². The predicted molar refractivity (Wildman–Crippen MR) is 143 cm³/mol. The Morgan fingerprint density at radius 2 is 1.44 bits per heavy atom. The van der Waals surface area contributed by atoms with Gasteiger partial charge in [0.25, 0.3) is 0 Å². The van der Waals surface area contributed by atoms with E-state index in [1.165, 1.54) is 25.1 Å². The first-order chi connectivity index (χ1) is 19.4. The molecule has 12 heteroatoms. The normalized spacial score (nSPS) is 22.7. The number of benzene rings is 2. The molecule has 3 rings (SSSR count). The van der Waals surface area contributed by atoms with Gasteiger partial charge in [-0.05, 0) is 42.3 Å². The topological polar surface area (TPSA) is 124 Å². The fraction of sp³-hybridized carbons (Fsp3) is 0.448. The summed E-state index contributed by atoms with van der Waals surface area (Å²) < 4.78 is 48.9. The molecular formula is C29H32ClFO10. The highest BCUT2D eigenvalue weighted by atomic mass is 35.5. The van der Waals surface area contributed by atoms with Gasteiger partial charge in [-0.1, -0.05) is 29.8 Å². The third-order valence-corrected chi connectivity index (χ3v) is 6.44.